The zero-order valence-electron chi connectivity index (χ0n) is 15.3. The lowest BCUT2D eigenvalue weighted by Gasteiger charge is -2.48. The van der Waals surface area contributed by atoms with Crippen molar-refractivity contribution in [2.75, 3.05) is 45.8 Å². The molecular formula is C19H37N3. The van der Waals surface area contributed by atoms with Crippen molar-refractivity contribution in [2.45, 2.75) is 59.0 Å². The summed E-state index contributed by atoms with van der Waals surface area (Å²) in [5.74, 6) is 2.82. The molecular weight excluding hydrogens is 270 g/mol. The van der Waals surface area contributed by atoms with E-state index in [9.17, 15) is 0 Å². The number of hydrogen-bond acceptors (Lipinski definition) is 3. The zero-order valence-corrected chi connectivity index (χ0v) is 15.3. The van der Waals surface area contributed by atoms with Crippen LogP contribution in [0.1, 0.15) is 47.0 Å². The average Bonchev–Trinajstić information content (AvgIpc) is 2.87. The summed E-state index contributed by atoms with van der Waals surface area (Å²) >= 11 is 0. The molecule has 1 aliphatic carbocycles. The van der Waals surface area contributed by atoms with Crippen molar-refractivity contribution in [3.63, 3.8) is 0 Å². The van der Waals surface area contributed by atoms with Gasteiger partial charge < -0.3 is 9.80 Å². The van der Waals surface area contributed by atoms with Crippen LogP contribution in [0.4, 0.5) is 0 Å². The van der Waals surface area contributed by atoms with Gasteiger partial charge in [-0.25, -0.2) is 0 Å². The van der Waals surface area contributed by atoms with Gasteiger partial charge in [-0.15, -0.1) is 0 Å². The predicted molar refractivity (Wildman–Crippen MR) is 94.2 cm³/mol. The molecule has 128 valence electrons. The van der Waals surface area contributed by atoms with Crippen LogP contribution in [0.25, 0.3) is 0 Å². The highest BCUT2D eigenvalue weighted by Gasteiger charge is 2.36. The number of hydrogen-bond donors (Lipinski definition) is 0. The maximum atomic E-state index is 2.78. The van der Waals surface area contributed by atoms with Gasteiger partial charge in [0.2, 0.25) is 0 Å². The SMILES string of the molecule is CC(C)C1CC(N2CCN(CC3CCN(C(C)C)C3)CC2)C1. The molecule has 3 rings (SSSR count). The van der Waals surface area contributed by atoms with Crippen molar-refractivity contribution in [3.05, 3.63) is 0 Å². The third-order valence-corrected chi connectivity index (χ3v) is 6.58. The molecule has 1 saturated carbocycles. The predicted octanol–water partition coefficient (Wildman–Crippen LogP) is 2.77. The smallest absolute Gasteiger partial charge is 0.0113 e. The zero-order chi connectivity index (χ0) is 15.7. The standard InChI is InChI=1S/C19H37N3/c1-15(2)18-11-19(12-18)21-9-7-20(8-10-21)13-17-5-6-22(14-17)16(3)4/h15-19H,5-14H2,1-4H3. The number of likely N-dealkylation sites (tertiary alicyclic amines) is 1. The Hall–Kier alpha value is -0.120. The summed E-state index contributed by atoms with van der Waals surface area (Å²) in [5, 5.41) is 0. The van der Waals surface area contributed by atoms with Gasteiger partial charge in [0.15, 0.2) is 0 Å². The van der Waals surface area contributed by atoms with Gasteiger partial charge in [0.05, 0.1) is 0 Å². The minimum atomic E-state index is 0.731. The van der Waals surface area contributed by atoms with Crippen LogP contribution >= 0.6 is 0 Å². The first-order valence-corrected chi connectivity index (χ1v) is 9.73. The summed E-state index contributed by atoms with van der Waals surface area (Å²) < 4.78 is 0. The molecule has 2 aliphatic heterocycles. The molecule has 3 aliphatic rings. The number of piperazine rings is 1. The molecule has 0 aromatic carbocycles. The van der Waals surface area contributed by atoms with Crippen LogP contribution in [-0.2, 0) is 0 Å². The van der Waals surface area contributed by atoms with Crippen molar-refractivity contribution >= 4 is 0 Å². The third kappa shape index (κ3) is 3.85. The average molecular weight is 308 g/mol. The maximum absolute atomic E-state index is 2.78. The first-order chi connectivity index (χ1) is 10.5. The molecule has 0 radical (unpaired) electrons. The van der Waals surface area contributed by atoms with E-state index in [2.05, 4.69) is 42.4 Å². The molecule has 2 heterocycles. The second-order valence-electron chi connectivity index (χ2n) is 8.71. The van der Waals surface area contributed by atoms with E-state index in [4.69, 9.17) is 0 Å². The highest BCUT2D eigenvalue weighted by Crippen LogP contribution is 2.37. The Morgan fingerprint density at radius 3 is 2.14 bits per heavy atom. The Morgan fingerprint density at radius 2 is 1.59 bits per heavy atom. The van der Waals surface area contributed by atoms with Crippen LogP contribution in [-0.4, -0.2) is 72.6 Å². The number of nitrogens with zero attached hydrogens (tertiary/aromatic N) is 3. The quantitative estimate of drug-likeness (QED) is 0.773. The number of rotatable bonds is 5. The second-order valence-corrected chi connectivity index (χ2v) is 8.71. The fraction of sp³-hybridized carbons (Fsp3) is 1.00. The summed E-state index contributed by atoms with van der Waals surface area (Å²) in [7, 11) is 0. The Balaban J connectivity index is 1.35. The van der Waals surface area contributed by atoms with Gasteiger partial charge in [0, 0.05) is 51.4 Å². The lowest BCUT2D eigenvalue weighted by Crippen LogP contribution is -2.55. The second kappa shape index (κ2) is 7.19. The van der Waals surface area contributed by atoms with Crippen molar-refractivity contribution in [2.24, 2.45) is 17.8 Å². The summed E-state index contributed by atoms with van der Waals surface area (Å²) in [6, 6.07) is 1.65. The lowest BCUT2D eigenvalue weighted by molar-refractivity contribution is 0.0162. The van der Waals surface area contributed by atoms with Crippen LogP contribution in [0, 0.1) is 17.8 Å². The minimum absolute atomic E-state index is 0.731. The molecule has 0 N–H and O–H groups in total. The molecule has 0 spiro atoms. The fourth-order valence-corrected chi connectivity index (χ4v) is 4.63. The molecule has 0 aromatic rings. The summed E-state index contributed by atoms with van der Waals surface area (Å²) in [6.07, 6.45) is 4.34. The van der Waals surface area contributed by atoms with Gasteiger partial charge in [-0.1, -0.05) is 13.8 Å². The van der Waals surface area contributed by atoms with Crippen LogP contribution in [0.3, 0.4) is 0 Å². The topological polar surface area (TPSA) is 9.72 Å². The van der Waals surface area contributed by atoms with E-state index in [1.165, 1.54) is 65.1 Å². The largest absolute Gasteiger partial charge is 0.301 e. The van der Waals surface area contributed by atoms with E-state index in [0.717, 1.165) is 29.8 Å². The van der Waals surface area contributed by atoms with Crippen LogP contribution in [0.2, 0.25) is 0 Å². The summed E-state index contributed by atoms with van der Waals surface area (Å²) in [6.45, 7) is 18.7. The molecule has 1 atom stereocenters. The van der Waals surface area contributed by atoms with Gasteiger partial charge in [-0.2, -0.15) is 0 Å². The molecule has 0 aromatic heterocycles. The van der Waals surface area contributed by atoms with Crippen molar-refractivity contribution < 1.29 is 0 Å². The Morgan fingerprint density at radius 1 is 0.909 bits per heavy atom. The van der Waals surface area contributed by atoms with Crippen molar-refractivity contribution in [3.8, 4) is 0 Å². The van der Waals surface area contributed by atoms with Crippen LogP contribution < -0.4 is 0 Å². The van der Waals surface area contributed by atoms with Gasteiger partial charge in [-0.3, -0.25) is 4.90 Å². The van der Waals surface area contributed by atoms with Gasteiger partial charge in [0.25, 0.3) is 0 Å². The van der Waals surface area contributed by atoms with Gasteiger partial charge in [-0.05, 0) is 57.4 Å². The fourth-order valence-electron chi connectivity index (χ4n) is 4.63. The summed E-state index contributed by atoms with van der Waals surface area (Å²) in [5.41, 5.74) is 0. The van der Waals surface area contributed by atoms with E-state index in [-0.39, 0.29) is 0 Å². The van der Waals surface area contributed by atoms with E-state index < -0.39 is 0 Å². The Bertz CT molecular complexity index is 341. The molecule has 3 heteroatoms. The first-order valence-electron chi connectivity index (χ1n) is 9.73. The van der Waals surface area contributed by atoms with Crippen LogP contribution in [0.5, 0.6) is 0 Å². The molecule has 0 amide bonds. The molecule has 22 heavy (non-hydrogen) atoms. The normalized spacial score (nSPS) is 35.5. The molecule has 1 unspecified atom stereocenters. The highest BCUT2D eigenvalue weighted by atomic mass is 15.3. The monoisotopic (exact) mass is 307 g/mol. The third-order valence-electron chi connectivity index (χ3n) is 6.58. The molecule has 0 bridgehead atoms. The van der Waals surface area contributed by atoms with Gasteiger partial charge in [0.1, 0.15) is 0 Å². The van der Waals surface area contributed by atoms with Crippen molar-refractivity contribution in [1.29, 1.82) is 0 Å². The molecule has 2 saturated heterocycles. The van der Waals surface area contributed by atoms with E-state index in [0.29, 0.717) is 0 Å². The van der Waals surface area contributed by atoms with Crippen molar-refractivity contribution in [1.82, 2.24) is 14.7 Å². The Kier molecular flexibility index (Phi) is 5.47. The lowest BCUT2D eigenvalue weighted by atomic mass is 9.73. The van der Waals surface area contributed by atoms with E-state index >= 15 is 0 Å². The molecule has 3 nitrogen and oxygen atoms in total. The first kappa shape index (κ1) is 16.7. The van der Waals surface area contributed by atoms with E-state index in [1.54, 1.807) is 0 Å². The molecule has 3 fully saturated rings. The van der Waals surface area contributed by atoms with Gasteiger partial charge >= 0.3 is 0 Å². The van der Waals surface area contributed by atoms with Crippen LogP contribution in [0.15, 0.2) is 0 Å². The van der Waals surface area contributed by atoms with E-state index in [1.807, 2.05) is 0 Å². The summed E-state index contributed by atoms with van der Waals surface area (Å²) in [4.78, 5) is 8.18. The maximum Gasteiger partial charge on any atom is 0.0113 e. The Labute approximate surface area is 138 Å². The highest BCUT2D eigenvalue weighted by molar-refractivity contribution is 4.91. The minimum Gasteiger partial charge on any atom is -0.301 e.